The first-order chi connectivity index (χ1) is 8.49. The molecule has 0 bridgehead atoms. The number of carbonyl (C=O) groups is 1. The zero-order valence-electron chi connectivity index (χ0n) is 12.1. The third-order valence-corrected chi connectivity index (χ3v) is 3.89. The molecule has 3 atom stereocenters. The van der Waals surface area contributed by atoms with Crippen molar-refractivity contribution in [2.75, 3.05) is 0 Å². The van der Waals surface area contributed by atoms with E-state index in [1.54, 1.807) is 0 Å². The highest BCUT2D eigenvalue weighted by atomic mass is 16.5. The van der Waals surface area contributed by atoms with Gasteiger partial charge in [0.1, 0.15) is 5.75 Å². The van der Waals surface area contributed by atoms with Gasteiger partial charge in [-0.1, -0.05) is 33.3 Å². The van der Waals surface area contributed by atoms with Crippen molar-refractivity contribution in [1.82, 2.24) is 0 Å². The van der Waals surface area contributed by atoms with Gasteiger partial charge in [0.05, 0.1) is 11.7 Å². The third kappa shape index (κ3) is 3.59. The molecule has 1 rings (SSSR count). The predicted octanol–water partition coefficient (Wildman–Crippen LogP) is 4.26. The van der Waals surface area contributed by atoms with Crippen LogP contribution >= 0.6 is 0 Å². The quantitative estimate of drug-likeness (QED) is 0.703. The minimum absolute atomic E-state index is 0.112. The summed E-state index contributed by atoms with van der Waals surface area (Å²) >= 11 is 0. The van der Waals surface area contributed by atoms with Crippen molar-refractivity contribution in [3.63, 3.8) is 0 Å². The van der Waals surface area contributed by atoms with Crippen LogP contribution in [0, 0.1) is 18.8 Å². The Hall–Kier alpha value is -1.31. The topological polar surface area (TPSA) is 26.3 Å². The molecule has 2 heteroatoms. The zero-order chi connectivity index (χ0) is 13.7. The molecule has 0 saturated carbocycles. The molecular formula is C16H24O2. The van der Waals surface area contributed by atoms with Crippen LogP contribution in [-0.2, 0) is 0 Å². The maximum Gasteiger partial charge on any atom is 0.153 e. The Morgan fingerprint density at radius 1 is 1.28 bits per heavy atom. The van der Waals surface area contributed by atoms with Crippen LogP contribution in [0.3, 0.4) is 0 Å². The molecule has 0 aliphatic carbocycles. The number of benzene rings is 1. The van der Waals surface area contributed by atoms with E-state index in [2.05, 4.69) is 27.7 Å². The summed E-state index contributed by atoms with van der Waals surface area (Å²) in [6, 6.07) is 5.68. The summed E-state index contributed by atoms with van der Waals surface area (Å²) in [5.74, 6) is 1.78. The number of rotatable bonds is 6. The lowest BCUT2D eigenvalue weighted by Gasteiger charge is -2.26. The van der Waals surface area contributed by atoms with E-state index in [0.717, 1.165) is 18.3 Å². The van der Waals surface area contributed by atoms with Crippen LogP contribution in [0.1, 0.15) is 50.0 Å². The average Bonchev–Trinajstić information content (AvgIpc) is 2.37. The van der Waals surface area contributed by atoms with Crippen molar-refractivity contribution >= 4 is 6.29 Å². The van der Waals surface area contributed by atoms with Crippen molar-refractivity contribution in [2.24, 2.45) is 11.8 Å². The molecule has 0 aliphatic rings. The molecule has 0 amide bonds. The van der Waals surface area contributed by atoms with E-state index in [-0.39, 0.29) is 6.10 Å². The summed E-state index contributed by atoms with van der Waals surface area (Å²) < 4.78 is 5.97. The second kappa shape index (κ2) is 6.58. The molecule has 2 nitrogen and oxygen atoms in total. The standard InChI is InChI=1S/C16H24O2/c1-6-12(3)13(4)14(5)18-16-9-11(2)7-8-15(16)10-17/h7-10,12-14H,6H2,1-5H3. The lowest BCUT2D eigenvalue weighted by Crippen LogP contribution is -2.26. The number of carbonyl (C=O) groups excluding carboxylic acids is 1. The van der Waals surface area contributed by atoms with Crippen LogP contribution in [0.5, 0.6) is 5.75 Å². The molecule has 0 aromatic heterocycles. The third-order valence-electron chi connectivity index (χ3n) is 3.89. The highest BCUT2D eigenvalue weighted by Gasteiger charge is 2.20. The van der Waals surface area contributed by atoms with E-state index >= 15 is 0 Å². The first-order valence-corrected chi connectivity index (χ1v) is 6.72. The molecule has 0 saturated heterocycles. The zero-order valence-corrected chi connectivity index (χ0v) is 12.1. The fourth-order valence-electron chi connectivity index (χ4n) is 1.98. The Kier molecular flexibility index (Phi) is 5.39. The van der Waals surface area contributed by atoms with Gasteiger partial charge < -0.3 is 4.74 Å². The number of hydrogen-bond donors (Lipinski definition) is 0. The molecule has 0 radical (unpaired) electrons. The van der Waals surface area contributed by atoms with Crippen LogP contribution < -0.4 is 4.74 Å². The molecule has 0 spiro atoms. The molecule has 0 fully saturated rings. The SMILES string of the molecule is CCC(C)C(C)C(C)Oc1cc(C)ccc1C=O. The first-order valence-electron chi connectivity index (χ1n) is 6.72. The summed E-state index contributed by atoms with van der Waals surface area (Å²) in [5, 5.41) is 0. The van der Waals surface area contributed by atoms with Gasteiger partial charge in [-0.05, 0) is 43.4 Å². The number of aryl methyl sites for hydroxylation is 1. The van der Waals surface area contributed by atoms with Gasteiger partial charge in [0.25, 0.3) is 0 Å². The minimum Gasteiger partial charge on any atom is -0.490 e. The normalized spacial score (nSPS) is 15.8. The Labute approximate surface area is 110 Å². The molecule has 1 aromatic carbocycles. The molecule has 3 unspecified atom stereocenters. The van der Waals surface area contributed by atoms with E-state index in [1.807, 2.05) is 25.1 Å². The van der Waals surface area contributed by atoms with Gasteiger partial charge in [-0.2, -0.15) is 0 Å². The monoisotopic (exact) mass is 248 g/mol. The van der Waals surface area contributed by atoms with Crippen molar-refractivity contribution < 1.29 is 9.53 Å². The fourth-order valence-corrected chi connectivity index (χ4v) is 1.98. The Balaban J connectivity index is 2.83. The van der Waals surface area contributed by atoms with Gasteiger partial charge in [-0.3, -0.25) is 4.79 Å². The van der Waals surface area contributed by atoms with Gasteiger partial charge in [0, 0.05) is 0 Å². The van der Waals surface area contributed by atoms with Gasteiger partial charge in [-0.25, -0.2) is 0 Å². The van der Waals surface area contributed by atoms with Gasteiger partial charge in [0.2, 0.25) is 0 Å². The smallest absolute Gasteiger partial charge is 0.153 e. The number of hydrogen-bond acceptors (Lipinski definition) is 2. The molecule has 100 valence electrons. The van der Waals surface area contributed by atoms with E-state index in [0.29, 0.717) is 23.1 Å². The van der Waals surface area contributed by atoms with E-state index in [9.17, 15) is 4.79 Å². The van der Waals surface area contributed by atoms with Gasteiger partial charge >= 0.3 is 0 Å². The van der Waals surface area contributed by atoms with E-state index < -0.39 is 0 Å². The first kappa shape index (κ1) is 14.7. The van der Waals surface area contributed by atoms with Crippen LogP contribution in [0.15, 0.2) is 18.2 Å². The van der Waals surface area contributed by atoms with Gasteiger partial charge in [0.15, 0.2) is 6.29 Å². The summed E-state index contributed by atoms with van der Waals surface area (Å²) in [4.78, 5) is 11.0. The van der Waals surface area contributed by atoms with E-state index in [4.69, 9.17) is 4.74 Å². The second-order valence-corrected chi connectivity index (χ2v) is 5.23. The predicted molar refractivity (Wildman–Crippen MR) is 75.3 cm³/mol. The van der Waals surface area contributed by atoms with Crippen LogP contribution in [-0.4, -0.2) is 12.4 Å². The highest BCUT2D eigenvalue weighted by Crippen LogP contribution is 2.25. The summed E-state index contributed by atoms with van der Waals surface area (Å²) in [6.45, 7) is 10.7. The summed E-state index contributed by atoms with van der Waals surface area (Å²) in [5.41, 5.74) is 1.74. The van der Waals surface area contributed by atoms with Crippen molar-refractivity contribution in [3.05, 3.63) is 29.3 Å². The van der Waals surface area contributed by atoms with Crippen LogP contribution in [0.2, 0.25) is 0 Å². The second-order valence-electron chi connectivity index (χ2n) is 5.23. The summed E-state index contributed by atoms with van der Waals surface area (Å²) in [7, 11) is 0. The molecule has 0 aliphatic heterocycles. The number of aldehydes is 1. The number of ether oxygens (including phenoxy) is 1. The average molecular weight is 248 g/mol. The van der Waals surface area contributed by atoms with Crippen LogP contribution in [0.25, 0.3) is 0 Å². The van der Waals surface area contributed by atoms with Crippen molar-refractivity contribution in [3.8, 4) is 5.75 Å². The van der Waals surface area contributed by atoms with Crippen LogP contribution in [0.4, 0.5) is 0 Å². The lowest BCUT2D eigenvalue weighted by molar-refractivity contribution is 0.109. The summed E-state index contributed by atoms with van der Waals surface area (Å²) in [6.07, 6.45) is 2.11. The van der Waals surface area contributed by atoms with E-state index in [1.165, 1.54) is 0 Å². The maximum absolute atomic E-state index is 11.0. The minimum atomic E-state index is 0.112. The fraction of sp³-hybridized carbons (Fsp3) is 0.562. The largest absolute Gasteiger partial charge is 0.490 e. The van der Waals surface area contributed by atoms with Crippen molar-refractivity contribution in [1.29, 1.82) is 0 Å². The Morgan fingerprint density at radius 2 is 1.94 bits per heavy atom. The Morgan fingerprint density at radius 3 is 2.50 bits per heavy atom. The van der Waals surface area contributed by atoms with Gasteiger partial charge in [-0.15, -0.1) is 0 Å². The highest BCUT2D eigenvalue weighted by molar-refractivity contribution is 5.79. The van der Waals surface area contributed by atoms with Crippen molar-refractivity contribution in [2.45, 2.75) is 47.1 Å². The molecule has 0 N–H and O–H groups in total. The Bertz CT molecular complexity index is 398. The lowest BCUT2D eigenvalue weighted by atomic mass is 9.89. The molecular weight excluding hydrogens is 224 g/mol. The maximum atomic E-state index is 11.0. The molecule has 18 heavy (non-hydrogen) atoms. The molecule has 0 heterocycles. The molecule has 1 aromatic rings.